The molecule has 2 aromatic heterocycles. The zero-order valence-electron chi connectivity index (χ0n) is 15.4. The van der Waals surface area contributed by atoms with E-state index in [4.69, 9.17) is 4.98 Å². The molecule has 0 N–H and O–H groups in total. The largest absolute Gasteiger partial charge is 0.324 e. The highest BCUT2D eigenvalue weighted by atomic mass is 32.2. The van der Waals surface area contributed by atoms with Crippen molar-refractivity contribution in [2.45, 2.75) is 38.6 Å². The van der Waals surface area contributed by atoms with E-state index in [-0.39, 0.29) is 4.90 Å². The minimum absolute atomic E-state index is 0.288. The van der Waals surface area contributed by atoms with E-state index in [0.29, 0.717) is 18.6 Å². The van der Waals surface area contributed by atoms with Crippen LogP contribution >= 0.6 is 0 Å². The smallest absolute Gasteiger partial charge is 0.243 e. The Balaban J connectivity index is 2.17. The van der Waals surface area contributed by atoms with Gasteiger partial charge in [0.25, 0.3) is 0 Å². The molecule has 0 unspecified atom stereocenters. The van der Waals surface area contributed by atoms with E-state index in [1.165, 1.54) is 4.31 Å². The molecule has 0 aliphatic carbocycles. The monoisotopic (exact) mass is 372 g/mol. The molecular weight excluding hydrogens is 348 g/mol. The molecule has 0 saturated carbocycles. The number of rotatable bonds is 7. The van der Waals surface area contributed by atoms with E-state index in [9.17, 15) is 8.42 Å². The van der Waals surface area contributed by atoms with Crippen molar-refractivity contribution in [3.8, 4) is 11.4 Å². The molecule has 3 rings (SSSR count). The minimum Gasteiger partial charge on any atom is -0.324 e. The lowest BCUT2D eigenvalue weighted by Gasteiger charge is -2.18. The molecule has 3 aromatic rings. The van der Waals surface area contributed by atoms with Gasteiger partial charge in [0.15, 0.2) is 0 Å². The second-order valence-electron chi connectivity index (χ2n) is 6.06. The molecule has 0 amide bonds. The van der Waals surface area contributed by atoms with E-state index in [1.54, 1.807) is 24.5 Å². The summed E-state index contributed by atoms with van der Waals surface area (Å²) >= 11 is 0. The molecule has 0 spiro atoms. The minimum atomic E-state index is -3.50. The maximum absolute atomic E-state index is 12.8. The molecule has 0 fully saturated rings. The Morgan fingerprint density at radius 1 is 1.04 bits per heavy atom. The van der Waals surface area contributed by atoms with Gasteiger partial charge < -0.3 is 4.57 Å². The standard InChI is InChI=1S/C19H24N4O2S/c1-4-13-23-18-8-7-16(26(24,25)22(5-2)6-3)14-17(18)21-19(23)15-9-11-20-12-10-15/h7-12,14H,4-6,13H2,1-3H3. The highest BCUT2D eigenvalue weighted by molar-refractivity contribution is 7.89. The molecule has 0 saturated heterocycles. The first-order valence-corrected chi connectivity index (χ1v) is 10.4. The summed E-state index contributed by atoms with van der Waals surface area (Å²) in [7, 11) is -3.50. The third-order valence-electron chi connectivity index (χ3n) is 4.45. The van der Waals surface area contributed by atoms with Gasteiger partial charge in [-0.1, -0.05) is 20.8 Å². The first-order valence-electron chi connectivity index (χ1n) is 8.93. The van der Waals surface area contributed by atoms with Gasteiger partial charge in [-0.25, -0.2) is 13.4 Å². The first kappa shape index (κ1) is 18.5. The van der Waals surface area contributed by atoms with Crippen LogP contribution in [0.2, 0.25) is 0 Å². The summed E-state index contributed by atoms with van der Waals surface area (Å²) in [6.45, 7) is 7.51. The van der Waals surface area contributed by atoms with Crippen molar-refractivity contribution in [3.05, 3.63) is 42.7 Å². The van der Waals surface area contributed by atoms with E-state index in [0.717, 1.165) is 29.9 Å². The highest BCUT2D eigenvalue weighted by Crippen LogP contribution is 2.27. The average Bonchev–Trinajstić information content (AvgIpc) is 3.01. The normalized spacial score (nSPS) is 12.2. The highest BCUT2D eigenvalue weighted by Gasteiger charge is 2.23. The lowest BCUT2D eigenvalue weighted by atomic mass is 10.2. The number of imidazole rings is 1. The maximum atomic E-state index is 12.8. The zero-order valence-corrected chi connectivity index (χ0v) is 16.2. The van der Waals surface area contributed by atoms with Crippen LogP contribution in [-0.2, 0) is 16.6 Å². The van der Waals surface area contributed by atoms with Crippen LogP contribution < -0.4 is 0 Å². The van der Waals surface area contributed by atoms with Crippen molar-refractivity contribution in [3.63, 3.8) is 0 Å². The molecule has 26 heavy (non-hydrogen) atoms. The molecular formula is C19H24N4O2S. The van der Waals surface area contributed by atoms with Crippen LogP contribution in [0.4, 0.5) is 0 Å². The molecule has 0 aliphatic rings. The molecule has 0 bridgehead atoms. The second kappa shape index (κ2) is 7.55. The third kappa shape index (κ3) is 3.24. The summed E-state index contributed by atoms with van der Waals surface area (Å²) in [6.07, 6.45) is 4.44. The van der Waals surface area contributed by atoms with Crippen LogP contribution in [0, 0.1) is 0 Å². The van der Waals surface area contributed by atoms with Gasteiger partial charge in [-0.3, -0.25) is 4.98 Å². The fourth-order valence-corrected chi connectivity index (χ4v) is 4.63. The molecule has 0 aliphatic heterocycles. The van der Waals surface area contributed by atoms with Gasteiger partial charge in [-0.2, -0.15) is 4.31 Å². The number of nitrogens with zero attached hydrogens (tertiary/aromatic N) is 4. The van der Waals surface area contributed by atoms with Gasteiger partial charge in [-0.05, 0) is 36.8 Å². The SMILES string of the molecule is CCCn1c(-c2ccncc2)nc2cc(S(=O)(=O)N(CC)CC)ccc21. The number of benzene rings is 1. The molecule has 7 heteroatoms. The lowest BCUT2D eigenvalue weighted by molar-refractivity contribution is 0.445. The lowest BCUT2D eigenvalue weighted by Crippen LogP contribution is -2.30. The zero-order chi connectivity index (χ0) is 18.7. The Kier molecular flexibility index (Phi) is 5.38. The topological polar surface area (TPSA) is 68.1 Å². The predicted octanol–water partition coefficient (Wildman–Crippen LogP) is 3.54. The number of hydrogen-bond donors (Lipinski definition) is 0. The van der Waals surface area contributed by atoms with Crippen molar-refractivity contribution < 1.29 is 8.42 Å². The fourth-order valence-electron chi connectivity index (χ4n) is 3.15. The Bertz CT molecular complexity index is 993. The molecule has 138 valence electrons. The number of aromatic nitrogens is 3. The third-order valence-corrected chi connectivity index (χ3v) is 6.49. The Morgan fingerprint density at radius 3 is 2.35 bits per heavy atom. The Morgan fingerprint density at radius 2 is 1.73 bits per heavy atom. The van der Waals surface area contributed by atoms with E-state index < -0.39 is 10.0 Å². The molecule has 0 radical (unpaired) electrons. The van der Waals surface area contributed by atoms with Crippen molar-refractivity contribution in [1.29, 1.82) is 0 Å². The summed E-state index contributed by atoms with van der Waals surface area (Å²) < 4.78 is 29.2. The molecule has 2 heterocycles. The van der Waals surface area contributed by atoms with Crippen LogP contribution in [0.3, 0.4) is 0 Å². The average molecular weight is 372 g/mol. The van der Waals surface area contributed by atoms with E-state index in [1.807, 2.05) is 32.0 Å². The number of pyridine rings is 1. The first-order chi connectivity index (χ1) is 12.5. The van der Waals surface area contributed by atoms with Crippen molar-refractivity contribution in [2.75, 3.05) is 13.1 Å². The fraction of sp³-hybridized carbons (Fsp3) is 0.368. The molecule has 6 nitrogen and oxygen atoms in total. The van der Waals surface area contributed by atoms with E-state index >= 15 is 0 Å². The summed E-state index contributed by atoms with van der Waals surface area (Å²) in [6, 6.07) is 9.06. The second-order valence-corrected chi connectivity index (χ2v) is 8.00. The quantitative estimate of drug-likeness (QED) is 0.636. The van der Waals surface area contributed by atoms with Crippen molar-refractivity contribution in [2.24, 2.45) is 0 Å². The number of hydrogen-bond acceptors (Lipinski definition) is 4. The van der Waals surface area contributed by atoms with Crippen LogP contribution in [0.1, 0.15) is 27.2 Å². The summed E-state index contributed by atoms with van der Waals surface area (Å²) in [5, 5.41) is 0. The van der Waals surface area contributed by atoms with Gasteiger partial charge in [0.1, 0.15) is 5.82 Å². The van der Waals surface area contributed by atoms with Gasteiger partial charge >= 0.3 is 0 Å². The number of sulfonamides is 1. The number of aryl methyl sites for hydroxylation is 1. The Labute approximate surface area is 154 Å². The van der Waals surface area contributed by atoms with Gasteiger partial charge in [0.05, 0.1) is 15.9 Å². The summed E-state index contributed by atoms with van der Waals surface area (Å²) in [4.78, 5) is 9.09. The van der Waals surface area contributed by atoms with Crippen LogP contribution in [0.15, 0.2) is 47.6 Å². The number of fused-ring (bicyclic) bond motifs is 1. The van der Waals surface area contributed by atoms with Crippen LogP contribution in [0.5, 0.6) is 0 Å². The van der Waals surface area contributed by atoms with Crippen molar-refractivity contribution >= 4 is 21.1 Å². The Hall–Kier alpha value is -2.25. The summed E-state index contributed by atoms with van der Waals surface area (Å²) in [5.41, 5.74) is 2.61. The predicted molar refractivity (Wildman–Crippen MR) is 103 cm³/mol. The van der Waals surface area contributed by atoms with Gasteiger partial charge in [-0.15, -0.1) is 0 Å². The van der Waals surface area contributed by atoms with Gasteiger partial charge in [0.2, 0.25) is 10.0 Å². The van der Waals surface area contributed by atoms with Crippen LogP contribution in [-0.4, -0.2) is 40.3 Å². The van der Waals surface area contributed by atoms with Gasteiger partial charge in [0, 0.05) is 37.6 Å². The van der Waals surface area contributed by atoms with Crippen LogP contribution in [0.25, 0.3) is 22.4 Å². The molecule has 1 aromatic carbocycles. The maximum Gasteiger partial charge on any atom is 0.243 e. The van der Waals surface area contributed by atoms with E-state index in [2.05, 4.69) is 16.5 Å². The summed E-state index contributed by atoms with van der Waals surface area (Å²) in [5.74, 6) is 0.835. The molecule has 0 atom stereocenters. The van der Waals surface area contributed by atoms with Crippen molar-refractivity contribution in [1.82, 2.24) is 18.8 Å².